The van der Waals surface area contributed by atoms with Crippen molar-refractivity contribution in [2.75, 3.05) is 18.0 Å². The second kappa shape index (κ2) is 8.97. The Morgan fingerprint density at radius 1 is 1.00 bits per heavy atom. The summed E-state index contributed by atoms with van der Waals surface area (Å²) in [6.07, 6.45) is 3.40. The van der Waals surface area contributed by atoms with Crippen molar-refractivity contribution in [3.05, 3.63) is 77.5 Å². The second-order valence-electron chi connectivity index (χ2n) is 9.06. The number of benzene rings is 3. The van der Waals surface area contributed by atoms with E-state index in [0.717, 1.165) is 54.2 Å². The van der Waals surface area contributed by atoms with Crippen LogP contribution < -0.4 is 10.6 Å². The molecule has 4 aromatic rings. The van der Waals surface area contributed by atoms with Gasteiger partial charge in [0.25, 0.3) is 0 Å². The third kappa shape index (κ3) is 4.29. The van der Waals surface area contributed by atoms with Crippen molar-refractivity contribution >= 4 is 16.6 Å². The molecule has 0 saturated carbocycles. The smallest absolute Gasteiger partial charge is 0.141 e. The van der Waals surface area contributed by atoms with Crippen LogP contribution in [-0.4, -0.2) is 29.2 Å². The van der Waals surface area contributed by atoms with E-state index in [9.17, 15) is 19.1 Å². The number of hydrogen-bond donors (Lipinski definition) is 2. The monoisotopic (exact) mass is 470 g/mol. The molecule has 0 bridgehead atoms. The van der Waals surface area contributed by atoms with Gasteiger partial charge in [-0.2, -0.15) is 5.26 Å². The van der Waals surface area contributed by atoms with Gasteiger partial charge in [0.05, 0.1) is 16.8 Å². The minimum absolute atomic E-state index is 0.128. The average Bonchev–Trinajstić information content (AvgIpc) is 2.84. The highest BCUT2D eigenvalue weighted by Gasteiger charge is 2.23. The summed E-state index contributed by atoms with van der Waals surface area (Å²) >= 11 is 0. The number of aryl methyl sites for hydroxylation is 1. The molecule has 0 aliphatic carbocycles. The van der Waals surface area contributed by atoms with Gasteiger partial charge >= 0.3 is 0 Å². The van der Waals surface area contributed by atoms with Crippen LogP contribution >= 0.6 is 0 Å². The van der Waals surface area contributed by atoms with Gasteiger partial charge in [-0.25, -0.2) is 8.78 Å². The van der Waals surface area contributed by atoms with Crippen LogP contribution in [0.5, 0.6) is 5.75 Å². The summed E-state index contributed by atoms with van der Waals surface area (Å²) in [5.74, 6) is -1.21. The fourth-order valence-corrected chi connectivity index (χ4v) is 4.82. The van der Waals surface area contributed by atoms with Gasteiger partial charge in [0.2, 0.25) is 0 Å². The lowest BCUT2D eigenvalue weighted by Crippen LogP contribution is -2.40. The number of phenols is 1. The zero-order valence-corrected chi connectivity index (χ0v) is 19.2. The Morgan fingerprint density at radius 3 is 2.46 bits per heavy atom. The quantitative estimate of drug-likeness (QED) is 0.404. The maximum Gasteiger partial charge on any atom is 0.141 e. The summed E-state index contributed by atoms with van der Waals surface area (Å²) in [5.41, 5.74) is 10.7. The van der Waals surface area contributed by atoms with E-state index in [0.29, 0.717) is 16.6 Å². The Kier molecular flexibility index (Phi) is 5.83. The zero-order chi connectivity index (χ0) is 24.7. The molecule has 0 spiro atoms. The Morgan fingerprint density at radius 2 is 1.74 bits per heavy atom. The lowest BCUT2D eigenvalue weighted by molar-refractivity contribution is 0.473. The van der Waals surface area contributed by atoms with Crippen LogP contribution in [0.2, 0.25) is 0 Å². The predicted octanol–water partition coefficient (Wildman–Crippen LogP) is 5.66. The SMILES string of the molecule is Cc1cc(F)cc(-c2cnc3ccc(-c4cc(F)cc(C#N)c4O)cc3c2N2CCC(N)CC2)c1. The normalized spacial score (nSPS) is 14.3. The van der Waals surface area contributed by atoms with E-state index in [2.05, 4.69) is 9.88 Å². The van der Waals surface area contributed by atoms with Crippen molar-refractivity contribution in [3.63, 3.8) is 0 Å². The van der Waals surface area contributed by atoms with Gasteiger partial charge < -0.3 is 15.7 Å². The molecule has 1 fully saturated rings. The first-order valence-electron chi connectivity index (χ1n) is 11.5. The Bertz CT molecular complexity index is 1470. The number of phenolic OH excluding ortho intramolecular Hbond substituents is 1. The van der Waals surface area contributed by atoms with E-state index in [4.69, 9.17) is 5.73 Å². The van der Waals surface area contributed by atoms with Crippen LogP contribution in [0.1, 0.15) is 24.0 Å². The maximum absolute atomic E-state index is 14.4. The van der Waals surface area contributed by atoms with Gasteiger partial charge in [0.1, 0.15) is 23.5 Å². The lowest BCUT2D eigenvalue weighted by Gasteiger charge is -2.34. The van der Waals surface area contributed by atoms with Crippen molar-refractivity contribution in [1.29, 1.82) is 5.26 Å². The van der Waals surface area contributed by atoms with Crippen LogP contribution in [0.3, 0.4) is 0 Å². The van der Waals surface area contributed by atoms with E-state index >= 15 is 0 Å². The van der Waals surface area contributed by atoms with Gasteiger partial charge in [-0.05, 0) is 72.9 Å². The number of anilines is 1. The number of pyridine rings is 1. The highest BCUT2D eigenvalue weighted by atomic mass is 19.1. The number of piperidine rings is 1. The summed E-state index contributed by atoms with van der Waals surface area (Å²) in [5, 5.41) is 20.7. The number of hydrogen-bond acceptors (Lipinski definition) is 5. The first kappa shape index (κ1) is 22.8. The highest BCUT2D eigenvalue weighted by Crippen LogP contribution is 2.41. The Labute approximate surface area is 202 Å². The minimum Gasteiger partial charge on any atom is -0.506 e. The standard InChI is InChI=1S/C28H24F2N4O/c1-16-8-18(10-20(29)9-16)25-15-33-26-3-2-17(23-13-21(30)11-19(14-31)28(23)35)12-24(26)27(25)34-6-4-22(32)5-7-34/h2-3,8-13,15,22,35H,4-7,32H2,1H3. The van der Waals surface area contributed by atoms with Gasteiger partial charge in [-0.1, -0.05) is 12.1 Å². The third-order valence-corrected chi connectivity index (χ3v) is 6.55. The van der Waals surface area contributed by atoms with Crippen LogP contribution in [0.4, 0.5) is 14.5 Å². The number of nitrogens with zero attached hydrogens (tertiary/aromatic N) is 3. The molecule has 0 amide bonds. The molecule has 1 aliphatic heterocycles. The summed E-state index contributed by atoms with van der Waals surface area (Å²) in [4.78, 5) is 6.87. The van der Waals surface area contributed by atoms with E-state index < -0.39 is 5.82 Å². The zero-order valence-electron chi connectivity index (χ0n) is 19.2. The molecular weight excluding hydrogens is 446 g/mol. The van der Waals surface area contributed by atoms with Gasteiger partial charge in [-0.3, -0.25) is 4.98 Å². The maximum atomic E-state index is 14.4. The van der Waals surface area contributed by atoms with Crippen molar-refractivity contribution in [1.82, 2.24) is 4.98 Å². The molecule has 5 nitrogen and oxygen atoms in total. The highest BCUT2D eigenvalue weighted by molar-refractivity contribution is 6.02. The number of nitriles is 1. The molecule has 5 rings (SSSR count). The van der Waals surface area contributed by atoms with Gasteiger partial charge in [0.15, 0.2) is 0 Å². The topological polar surface area (TPSA) is 86.2 Å². The average molecular weight is 471 g/mol. The van der Waals surface area contributed by atoms with Gasteiger partial charge in [-0.15, -0.1) is 0 Å². The molecule has 7 heteroatoms. The molecule has 0 unspecified atom stereocenters. The van der Waals surface area contributed by atoms with Crippen molar-refractivity contribution < 1.29 is 13.9 Å². The van der Waals surface area contributed by atoms with E-state index in [1.54, 1.807) is 18.3 Å². The van der Waals surface area contributed by atoms with E-state index in [-0.39, 0.29) is 28.7 Å². The predicted molar refractivity (Wildman–Crippen MR) is 133 cm³/mol. The number of halogens is 2. The molecule has 35 heavy (non-hydrogen) atoms. The summed E-state index contributed by atoms with van der Waals surface area (Å²) < 4.78 is 28.6. The molecule has 2 heterocycles. The Balaban J connectivity index is 1.77. The Hall–Kier alpha value is -4.02. The lowest BCUT2D eigenvalue weighted by atomic mass is 9.95. The number of nitrogens with two attached hydrogens (primary N) is 1. The molecule has 1 aromatic heterocycles. The van der Waals surface area contributed by atoms with Crippen LogP contribution in [0.15, 0.2) is 54.7 Å². The number of aromatic hydroxyl groups is 1. The molecule has 1 saturated heterocycles. The first-order chi connectivity index (χ1) is 16.8. The molecule has 0 radical (unpaired) electrons. The van der Waals surface area contributed by atoms with Crippen molar-refractivity contribution in [3.8, 4) is 34.1 Å². The molecule has 176 valence electrons. The minimum atomic E-state index is -0.609. The molecule has 0 atom stereocenters. The van der Waals surface area contributed by atoms with Gasteiger partial charge in [0, 0.05) is 41.8 Å². The van der Waals surface area contributed by atoms with Crippen LogP contribution in [-0.2, 0) is 0 Å². The second-order valence-corrected chi connectivity index (χ2v) is 9.06. The van der Waals surface area contributed by atoms with E-state index in [1.165, 1.54) is 18.2 Å². The molecule has 1 aliphatic rings. The van der Waals surface area contributed by atoms with Crippen molar-refractivity contribution in [2.24, 2.45) is 5.73 Å². The fourth-order valence-electron chi connectivity index (χ4n) is 4.82. The van der Waals surface area contributed by atoms with Crippen LogP contribution in [0.25, 0.3) is 33.2 Å². The first-order valence-corrected chi connectivity index (χ1v) is 11.5. The number of rotatable bonds is 3. The number of aromatic nitrogens is 1. The van der Waals surface area contributed by atoms with Crippen molar-refractivity contribution in [2.45, 2.75) is 25.8 Å². The third-order valence-electron chi connectivity index (χ3n) is 6.55. The molecule has 3 N–H and O–H groups in total. The van der Waals surface area contributed by atoms with Crippen LogP contribution in [0, 0.1) is 29.9 Å². The molecule has 3 aromatic carbocycles. The summed E-state index contributed by atoms with van der Waals surface area (Å²) in [7, 11) is 0. The molecular formula is C28H24F2N4O. The summed E-state index contributed by atoms with van der Waals surface area (Å²) in [6.45, 7) is 3.31. The summed E-state index contributed by atoms with van der Waals surface area (Å²) in [6, 6.07) is 14.5. The van der Waals surface area contributed by atoms with E-state index in [1.807, 2.05) is 25.1 Å². The number of fused-ring (bicyclic) bond motifs is 1. The largest absolute Gasteiger partial charge is 0.506 e. The fraction of sp³-hybridized carbons (Fsp3) is 0.214.